The predicted octanol–water partition coefficient (Wildman–Crippen LogP) is 1.43. The summed E-state index contributed by atoms with van der Waals surface area (Å²) >= 11 is 0. The van der Waals surface area contributed by atoms with Gasteiger partial charge in [0.1, 0.15) is 5.75 Å². The van der Waals surface area contributed by atoms with Crippen molar-refractivity contribution in [1.29, 1.82) is 0 Å². The molecule has 0 aromatic heterocycles. The molecule has 6 heteroatoms. The smallest absolute Gasteiger partial charge is 0.321 e. The molecular formula is C15H18N2O4. The van der Waals surface area contributed by atoms with Crippen LogP contribution in [-0.4, -0.2) is 30.9 Å². The van der Waals surface area contributed by atoms with Gasteiger partial charge >= 0.3 is 6.03 Å². The van der Waals surface area contributed by atoms with Crippen LogP contribution in [0.25, 0.3) is 0 Å². The van der Waals surface area contributed by atoms with Crippen LogP contribution in [0, 0.1) is 0 Å². The van der Waals surface area contributed by atoms with Gasteiger partial charge in [0.25, 0.3) is 5.91 Å². The second-order valence-corrected chi connectivity index (χ2v) is 4.92. The monoisotopic (exact) mass is 290 g/mol. The molecule has 0 heterocycles. The van der Waals surface area contributed by atoms with Crippen LogP contribution in [0.5, 0.6) is 5.75 Å². The molecule has 0 fully saturated rings. The summed E-state index contributed by atoms with van der Waals surface area (Å²) in [4.78, 5) is 34.6. The molecule has 0 saturated carbocycles. The largest absolute Gasteiger partial charge is 0.481 e. The van der Waals surface area contributed by atoms with Crippen LogP contribution in [0.3, 0.4) is 0 Å². The van der Waals surface area contributed by atoms with Crippen LogP contribution < -0.4 is 15.4 Å². The van der Waals surface area contributed by atoms with Gasteiger partial charge in [0.15, 0.2) is 11.9 Å². The van der Waals surface area contributed by atoms with E-state index in [0.717, 1.165) is 18.4 Å². The number of rotatable bonds is 3. The number of nitrogens with one attached hydrogen (secondary N) is 2. The van der Waals surface area contributed by atoms with Gasteiger partial charge in [-0.25, -0.2) is 4.79 Å². The third kappa shape index (κ3) is 3.59. The number of amides is 3. The first-order valence-electron chi connectivity index (χ1n) is 6.86. The fourth-order valence-corrected chi connectivity index (χ4v) is 2.21. The summed E-state index contributed by atoms with van der Waals surface area (Å²) in [6.07, 6.45) is 1.47. The number of fused-ring (bicyclic) bond motifs is 1. The van der Waals surface area contributed by atoms with Crippen molar-refractivity contribution in [3.63, 3.8) is 0 Å². The minimum atomic E-state index is -0.834. The van der Waals surface area contributed by atoms with E-state index < -0.39 is 18.0 Å². The van der Waals surface area contributed by atoms with Gasteiger partial charge in [-0.05, 0) is 37.5 Å². The molecule has 1 atom stereocenters. The first kappa shape index (κ1) is 15.0. The van der Waals surface area contributed by atoms with Gasteiger partial charge < -0.3 is 10.1 Å². The summed E-state index contributed by atoms with van der Waals surface area (Å²) in [7, 11) is 1.42. The maximum Gasteiger partial charge on any atom is 0.321 e. The van der Waals surface area contributed by atoms with E-state index in [-0.39, 0.29) is 5.78 Å². The Balaban J connectivity index is 2.06. The summed E-state index contributed by atoms with van der Waals surface area (Å²) < 4.78 is 5.49. The highest BCUT2D eigenvalue weighted by molar-refractivity contribution is 5.99. The molecule has 0 radical (unpaired) electrons. The van der Waals surface area contributed by atoms with Crippen molar-refractivity contribution in [3.05, 3.63) is 29.3 Å². The van der Waals surface area contributed by atoms with Gasteiger partial charge in [0.05, 0.1) is 0 Å². The molecule has 0 aliphatic heterocycles. The Morgan fingerprint density at radius 2 is 2.05 bits per heavy atom. The molecule has 21 heavy (non-hydrogen) atoms. The van der Waals surface area contributed by atoms with Crippen LogP contribution >= 0.6 is 0 Å². The van der Waals surface area contributed by atoms with Crippen molar-refractivity contribution in [2.75, 3.05) is 7.05 Å². The first-order chi connectivity index (χ1) is 10.0. The van der Waals surface area contributed by atoms with Crippen molar-refractivity contribution < 1.29 is 19.1 Å². The molecule has 1 aliphatic carbocycles. The summed E-state index contributed by atoms with van der Waals surface area (Å²) in [5.74, 6) is 0.00567. The lowest BCUT2D eigenvalue weighted by atomic mass is 9.90. The van der Waals surface area contributed by atoms with E-state index in [9.17, 15) is 14.4 Å². The van der Waals surface area contributed by atoms with Crippen molar-refractivity contribution in [2.24, 2.45) is 0 Å². The predicted molar refractivity (Wildman–Crippen MR) is 76.4 cm³/mol. The van der Waals surface area contributed by atoms with Crippen LogP contribution in [0.4, 0.5) is 4.79 Å². The molecule has 1 unspecified atom stereocenters. The SMILES string of the molecule is CNC(=O)NC(=O)C(C)Oc1ccc2c(c1)C(=O)CCC2. The summed E-state index contributed by atoms with van der Waals surface area (Å²) in [5.41, 5.74) is 1.68. The van der Waals surface area contributed by atoms with Gasteiger partial charge in [-0.1, -0.05) is 6.07 Å². The third-order valence-electron chi connectivity index (χ3n) is 3.38. The third-order valence-corrected chi connectivity index (χ3v) is 3.38. The minimum Gasteiger partial charge on any atom is -0.481 e. The fraction of sp³-hybridized carbons (Fsp3) is 0.400. The van der Waals surface area contributed by atoms with Crippen molar-refractivity contribution in [2.45, 2.75) is 32.3 Å². The van der Waals surface area contributed by atoms with Gasteiger partial charge in [-0.3, -0.25) is 14.9 Å². The van der Waals surface area contributed by atoms with Crippen molar-refractivity contribution in [1.82, 2.24) is 10.6 Å². The molecule has 0 saturated heterocycles. The van der Waals surface area contributed by atoms with Crippen molar-refractivity contribution in [3.8, 4) is 5.75 Å². The minimum absolute atomic E-state index is 0.101. The van der Waals surface area contributed by atoms with Gasteiger partial charge in [0.2, 0.25) is 0 Å². The number of ketones is 1. The Bertz CT molecular complexity index is 583. The number of aryl methyl sites for hydroxylation is 1. The Morgan fingerprint density at radius 3 is 2.76 bits per heavy atom. The highest BCUT2D eigenvalue weighted by atomic mass is 16.5. The van der Waals surface area contributed by atoms with E-state index in [4.69, 9.17) is 4.74 Å². The molecule has 2 rings (SSSR count). The van der Waals surface area contributed by atoms with Gasteiger partial charge in [-0.15, -0.1) is 0 Å². The van der Waals surface area contributed by atoms with E-state index >= 15 is 0 Å². The summed E-state index contributed by atoms with van der Waals surface area (Å²) in [6, 6.07) is 4.67. The zero-order chi connectivity index (χ0) is 15.4. The highest BCUT2D eigenvalue weighted by Crippen LogP contribution is 2.25. The zero-order valence-corrected chi connectivity index (χ0v) is 12.1. The molecule has 6 nitrogen and oxygen atoms in total. The average molecular weight is 290 g/mol. The molecule has 112 valence electrons. The standard InChI is InChI=1S/C15H18N2O4/c1-9(14(19)17-15(20)16-2)21-11-7-6-10-4-3-5-13(18)12(10)8-11/h6-9H,3-5H2,1-2H3,(H2,16,17,19,20). The number of hydrogen-bond donors (Lipinski definition) is 2. The van der Waals surface area contributed by atoms with Gasteiger partial charge in [-0.2, -0.15) is 0 Å². The zero-order valence-electron chi connectivity index (χ0n) is 12.1. The maximum atomic E-state index is 11.9. The lowest BCUT2D eigenvalue weighted by Gasteiger charge is -2.18. The van der Waals surface area contributed by atoms with E-state index in [1.54, 1.807) is 19.1 Å². The van der Waals surface area contributed by atoms with E-state index in [2.05, 4.69) is 10.6 Å². The van der Waals surface area contributed by atoms with Crippen LogP contribution in [0.2, 0.25) is 0 Å². The van der Waals surface area contributed by atoms with Crippen LogP contribution in [-0.2, 0) is 11.2 Å². The number of imide groups is 1. The first-order valence-corrected chi connectivity index (χ1v) is 6.86. The van der Waals surface area contributed by atoms with Crippen LogP contribution in [0.15, 0.2) is 18.2 Å². The number of ether oxygens (including phenoxy) is 1. The Kier molecular flexibility index (Phi) is 4.57. The number of Topliss-reactive ketones (excluding diaryl/α,β-unsaturated/α-hetero) is 1. The Hall–Kier alpha value is -2.37. The topological polar surface area (TPSA) is 84.5 Å². The molecule has 0 bridgehead atoms. The molecule has 2 N–H and O–H groups in total. The number of carbonyl (C=O) groups is 3. The molecule has 1 aliphatic rings. The molecular weight excluding hydrogens is 272 g/mol. The molecule has 1 aromatic carbocycles. The normalized spacial score (nSPS) is 14.9. The lowest BCUT2D eigenvalue weighted by Crippen LogP contribution is -2.43. The Labute approximate surface area is 122 Å². The lowest BCUT2D eigenvalue weighted by molar-refractivity contribution is -0.126. The van der Waals surface area contributed by atoms with Gasteiger partial charge in [0, 0.05) is 19.0 Å². The second-order valence-electron chi connectivity index (χ2n) is 4.92. The number of benzene rings is 1. The van der Waals surface area contributed by atoms with E-state index in [1.807, 2.05) is 6.07 Å². The summed E-state index contributed by atoms with van der Waals surface area (Å²) in [6.45, 7) is 1.54. The number of carbonyl (C=O) groups excluding carboxylic acids is 3. The second kappa shape index (κ2) is 6.39. The van der Waals surface area contributed by atoms with E-state index in [0.29, 0.717) is 17.7 Å². The maximum absolute atomic E-state index is 11.9. The quantitative estimate of drug-likeness (QED) is 0.882. The number of urea groups is 1. The molecule has 0 spiro atoms. The average Bonchev–Trinajstić information content (AvgIpc) is 2.47. The van der Waals surface area contributed by atoms with Crippen molar-refractivity contribution >= 4 is 17.7 Å². The fourth-order valence-electron chi connectivity index (χ4n) is 2.21. The molecule has 1 aromatic rings. The highest BCUT2D eigenvalue weighted by Gasteiger charge is 2.20. The van der Waals surface area contributed by atoms with E-state index in [1.165, 1.54) is 7.05 Å². The summed E-state index contributed by atoms with van der Waals surface area (Å²) in [5, 5.41) is 4.43. The number of hydrogen-bond acceptors (Lipinski definition) is 4. The van der Waals surface area contributed by atoms with Crippen LogP contribution in [0.1, 0.15) is 35.7 Å². The Morgan fingerprint density at radius 1 is 1.29 bits per heavy atom. The molecule has 3 amide bonds.